The van der Waals surface area contributed by atoms with E-state index in [2.05, 4.69) is 52.3 Å². The summed E-state index contributed by atoms with van der Waals surface area (Å²) in [4.78, 5) is 12.7. The van der Waals surface area contributed by atoms with Gasteiger partial charge < -0.3 is 5.32 Å². The molecule has 5 heteroatoms. The summed E-state index contributed by atoms with van der Waals surface area (Å²) in [7, 11) is 0. The predicted molar refractivity (Wildman–Crippen MR) is 110 cm³/mol. The summed E-state index contributed by atoms with van der Waals surface area (Å²) < 4.78 is 2.98. The van der Waals surface area contributed by atoms with E-state index in [-0.39, 0.29) is 17.2 Å². The second-order valence-corrected chi connectivity index (χ2v) is 8.64. The summed E-state index contributed by atoms with van der Waals surface area (Å²) in [6, 6.07) is 18.3. The molecule has 0 saturated carbocycles. The number of hydrogen-bond acceptors (Lipinski definition) is 3. The fourth-order valence-electron chi connectivity index (χ4n) is 3.80. The van der Waals surface area contributed by atoms with Crippen molar-refractivity contribution >= 4 is 21.7 Å². The molecule has 1 unspecified atom stereocenters. The van der Waals surface area contributed by atoms with Crippen LogP contribution in [-0.4, -0.2) is 15.6 Å². The highest BCUT2D eigenvalue weighted by atomic mass is 79.9. The largest absolute Gasteiger partial charge is 0.304 e. The van der Waals surface area contributed by atoms with Gasteiger partial charge in [0.05, 0.1) is 29.2 Å². The van der Waals surface area contributed by atoms with E-state index in [1.165, 1.54) is 5.56 Å². The van der Waals surface area contributed by atoms with Gasteiger partial charge >= 0.3 is 0 Å². The van der Waals surface area contributed by atoms with Gasteiger partial charge in [0.15, 0.2) is 5.78 Å². The number of aromatic nitrogens is 2. The Morgan fingerprint density at radius 2 is 1.85 bits per heavy atom. The number of nitrogens with zero attached hydrogens (tertiary/aromatic N) is 2. The molecular weight excluding hydrogens is 402 g/mol. The molecule has 2 aromatic carbocycles. The Balaban J connectivity index is 1.72. The number of benzene rings is 2. The molecular formula is C22H22BrN3O. The molecule has 1 atom stereocenters. The van der Waals surface area contributed by atoms with Crippen LogP contribution in [0.15, 0.2) is 65.3 Å². The minimum atomic E-state index is -0.202. The number of carbonyl (C=O) groups is 1. The Labute approximate surface area is 167 Å². The van der Waals surface area contributed by atoms with E-state index >= 15 is 0 Å². The van der Waals surface area contributed by atoms with Crippen molar-refractivity contribution in [3.63, 3.8) is 0 Å². The molecule has 0 spiro atoms. The molecule has 4 rings (SSSR count). The Hall–Kier alpha value is -2.24. The van der Waals surface area contributed by atoms with Crippen LogP contribution >= 0.6 is 15.9 Å². The summed E-state index contributed by atoms with van der Waals surface area (Å²) >= 11 is 3.48. The monoisotopic (exact) mass is 423 g/mol. The van der Waals surface area contributed by atoms with Crippen molar-refractivity contribution in [3.8, 4) is 5.69 Å². The SMILES string of the molecule is CC1(C)CC(=O)c2cnn(-c3ccccc3)c2C1NCc1ccc(Br)cc1. The van der Waals surface area contributed by atoms with Gasteiger partial charge in [-0.05, 0) is 35.2 Å². The van der Waals surface area contributed by atoms with Crippen molar-refractivity contribution in [2.75, 3.05) is 0 Å². The fraction of sp³-hybridized carbons (Fsp3) is 0.273. The second kappa shape index (κ2) is 7.06. The van der Waals surface area contributed by atoms with Gasteiger partial charge in [-0.2, -0.15) is 5.10 Å². The van der Waals surface area contributed by atoms with Gasteiger partial charge in [-0.1, -0.05) is 60.1 Å². The number of nitrogens with one attached hydrogen (secondary N) is 1. The molecule has 1 aromatic heterocycles. The lowest BCUT2D eigenvalue weighted by Crippen LogP contribution is -2.41. The van der Waals surface area contributed by atoms with E-state index in [0.717, 1.165) is 28.0 Å². The molecule has 0 fully saturated rings. The first kappa shape index (κ1) is 18.1. The molecule has 0 radical (unpaired) electrons. The summed E-state index contributed by atoms with van der Waals surface area (Å²) in [6.45, 7) is 5.03. The van der Waals surface area contributed by atoms with Gasteiger partial charge in [0.1, 0.15) is 0 Å². The molecule has 1 aliphatic carbocycles. The Bertz CT molecular complexity index is 961. The van der Waals surface area contributed by atoms with Crippen LogP contribution < -0.4 is 5.32 Å². The van der Waals surface area contributed by atoms with Crippen LogP contribution in [0.2, 0.25) is 0 Å². The molecule has 0 saturated heterocycles. The number of ketones is 1. The van der Waals surface area contributed by atoms with Crippen molar-refractivity contribution in [1.29, 1.82) is 0 Å². The van der Waals surface area contributed by atoms with Gasteiger partial charge in [0.2, 0.25) is 0 Å². The third-order valence-corrected chi connectivity index (χ3v) is 5.73. The molecule has 3 aromatic rings. The lowest BCUT2D eigenvalue weighted by molar-refractivity contribution is 0.0859. The van der Waals surface area contributed by atoms with E-state index in [1.807, 2.05) is 47.1 Å². The molecule has 0 bridgehead atoms. The summed E-state index contributed by atoms with van der Waals surface area (Å²) in [5, 5.41) is 8.24. The molecule has 1 N–H and O–H groups in total. The molecule has 0 amide bonds. The third kappa shape index (κ3) is 3.49. The average Bonchev–Trinajstić information content (AvgIpc) is 3.08. The number of hydrogen-bond donors (Lipinski definition) is 1. The van der Waals surface area contributed by atoms with Crippen LogP contribution in [0.4, 0.5) is 0 Å². The number of para-hydroxylation sites is 1. The topological polar surface area (TPSA) is 46.9 Å². The average molecular weight is 424 g/mol. The van der Waals surface area contributed by atoms with Gasteiger partial charge in [-0.15, -0.1) is 0 Å². The molecule has 1 aliphatic rings. The van der Waals surface area contributed by atoms with Crippen molar-refractivity contribution in [1.82, 2.24) is 15.1 Å². The number of fused-ring (bicyclic) bond motifs is 1. The van der Waals surface area contributed by atoms with Crippen LogP contribution in [0.3, 0.4) is 0 Å². The van der Waals surface area contributed by atoms with Gasteiger partial charge in [0.25, 0.3) is 0 Å². The van der Waals surface area contributed by atoms with Gasteiger partial charge in [-0.25, -0.2) is 4.68 Å². The highest BCUT2D eigenvalue weighted by Crippen LogP contribution is 2.44. The number of halogens is 1. The Kier molecular flexibility index (Phi) is 4.74. The third-order valence-electron chi connectivity index (χ3n) is 5.20. The van der Waals surface area contributed by atoms with E-state index in [0.29, 0.717) is 6.42 Å². The zero-order chi connectivity index (χ0) is 19.0. The Morgan fingerprint density at radius 1 is 1.15 bits per heavy atom. The Morgan fingerprint density at radius 3 is 2.56 bits per heavy atom. The van der Waals surface area contributed by atoms with E-state index in [9.17, 15) is 4.79 Å². The lowest BCUT2D eigenvalue weighted by atomic mass is 9.72. The molecule has 138 valence electrons. The summed E-state index contributed by atoms with van der Waals surface area (Å²) in [6.07, 6.45) is 2.23. The number of rotatable bonds is 4. The predicted octanol–water partition coefficient (Wildman–Crippen LogP) is 5.08. The molecule has 27 heavy (non-hydrogen) atoms. The first-order valence-corrected chi connectivity index (χ1v) is 9.89. The van der Waals surface area contributed by atoms with E-state index in [1.54, 1.807) is 6.20 Å². The maximum absolute atomic E-state index is 12.7. The second-order valence-electron chi connectivity index (χ2n) is 7.72. The smallest absolute Gasteiger partial charge is 0.167 e. The zero-order valence-corrected chi connectivity index (χ0v) is 17.0. The highest BCUT2D eigenvalue weighted by molar-refractivity contribution is 9.10. The van der Waals surface area contributed by atoms with Crippen molar-refractivity contribution in [2.45, 2.75) is 32.9 Å². The van der Waals surface area contributed by atoms with Crippen LogP contribution in [0, 0.1) is 5.41 Å². The summed E-state index contributed by atoms with van der Waals surface area (Å²) in [5.41, 5.74) is 3.66. The van der Waals surface area contributed by atoms with Crippen molar-refractivity contribution in [3.05, 3.63) is 82.1 Å². The van der Waals surface area contributed by atoms with Gasteiger partial charge in [0, 0.05) is 17.4 Å². The van der Waals surface area contributed by atoms with Crippen molar-refractivity contribution in [2.24, 2.45) is 5.41 Å². The summed E-state index contributed by atoms with van der Waals surface area (Å²) in [5.74, 6) is 0.166. The minimum Gasteiger partial charge on any atom is -0.304 e. The lowest BCUT2D eigenvalue weighted by Gasteiger charge is -2.39. The highest BCUT2D eigenvalue weighted by Gasteiger charge is 2.42. The first-order valence-electron chi connectivity index (χ1n) is 9.10. The van der Waals surface area contributed by atoms with Crippen LogP contribution in [0.5, 0.6) is 0 Å². The fourth-order valence-corrected chi connectivity index (χ4v) is 4.07. The number of Topliss-reactive ketones (excluding diaryl/α,β-unsaturated/α-hetero) is 1. The molecule has 0 aliphatic heterocycles. The molecule has 1 heterocycles. The number of carbonyl (C=O) groups excluding carboxylic acids is 1. The maximum Gasteiger partial charge on any atom is 0.167 e. The minimum absolute atomic E-state index is 0.0246. The van der Waals surface area contributed by atoms with E-state index in [4.69, 9.17) is 0 Å². The van der Waals surface area contributed by atoms with Crippen LogP contribution in [0.25, 0.3) is 5.69 Å². The first-order chi connectivity index (χ1) is 13.0. The van der Waals surface area contributed by atoms with Crippen LogP contribution in [0.1, 0.15) is 47.9 Å². The normalized spacial score (nSPS) is 18.3. The van der Waals surface area contributed by atoms with Crippen LogP contribution in [-0.2, 0) is 6.54 Å². The quantitative estimate of drug-likeness (QED) is 0.636. The van der Waals surface area contributed by atoms with E-state index < -0.39 is 0 Å². The van der Waals surface area contributed by atoms with Gasteiger partial charge in [-0.3, -0.25) is 4.79 Å². The molecule has 4 nitrogen and oxygen atoms in total. The zero-order valence-electron chi connectivity index (χ0n) is 15.4. The standard InChI is InChI=1S/C22H22BrN3O/c1-22(2)12-19(27)18-14-25-26(17-6-4-3-5-7-17)20(18)21(22)24-13-15-8-10-16(23)11-9-15/h3-11,14,21,24H,12-13H2,1-2H3. The maximum atomic E-state index is 12.7. The van der Waals surface area contributed by atoms with Crippen molar-refractivity contribution < 1.29 is 4.79 Å².